The molecule has 0 amide bonds. The fourth-order valence-electron chi connectivity index (χ4n) is 29.2. The average molecular weight is 915 g/mol. The van der Waals surface area contributed by atoms with Crippen LogP contribution in [0.15, 0.2) is 12.3 Å². The minimum atomic E-state index is -1.18. The van der Waals surface area contributed by atoms with Gasteiger partial charge >= 0.3 is 11.9 Å². The van der Waals surface area contributed by atoms with Crippen molar-refractivity contribution in [3.8, 4) is 11.1 Å². The van der Waals surface area contributed by atoms with Crippen molar-refractivity contribution in [2.75, 3.05) is 0 Å². The van der Waals surface area contributed by atoms with Gasteiger partial charge in [-0.25, -0.2) is 0 Å². The molecule has 0 saturated heterocycles. The van der Waals surface area contributed by atoms with Crippen LogP contribution in [0.3, 0.4) is 0 Å². The molecule has 5 heteroatoms. The molecule has 1 fully saturated rings. The zero-order valence-corrected chi connectivity index (χ0v) is 37.4. The maximum Gasteiger partial charge on any atom is 0.308 e. The Morgan fingerprint density at radius 3 is 1.59 bits per heavy atom. The van der Waals surface area contributed by atoms with Gasteiger partial charge in [0.1, 0.15) is 0 Å². The normalized spacial score (nSPS) is 35.7. The van der Waals surface area contributed by atoms with Crippen molar-refractivity contribution in [2.45, 2.75) is 59.2 Å². The predicted octanol–water partition coefficient (Wildman–Crippen LogP) is 13.6. The van der Waals surface area contributed by atoms with Gasteiger partial charge in [-0.1, -0.05) is 6.58 Å². The van der Waals surface area contributed by atoms with E-state index in [-0.39, 0.29) is 47.7 Å². The second kappa shape index (κ2) is 6.54. The summed E-state index contributed by atoms with van der Waals surface area (Å²) in [4.78, 5) is 31.3. The van der Waals surface area contributed by atoms with Gasteiger partial charge in [-0.3, -0.25) is 9.59 Å². The third-order valence-corrected chi connectivity index (χ3v) is 28.3. The summed E-state index contributed by atoms with van der Waals surface area (Å²) in [6, 6.07) is 0. The lowest BCUT2D eigenvalue weighted by Crippen LogP contribution is -2.58. The highest BCUT2D eigenvalue weighted by molar-refractivity contribution is 6.72. The monoisotopic (exact) mass is 914 g/mol. The fourth-order valence-corrected chi connectivity index (χ4v) is 29.2. The van der Waals surface area contributed by atoms with Crippen molar-refractivity contribution in [2.24, 2.45) is 23.2 Å². The predicted molar refractivity (Wildman–Crippen MR) is 280 cm³/mol. The summed E-state index contributed by atoms with van der Waals surface area (Å²) >= 11 is 0. The number of benzene rings is 12. The van der Waals surface area contributed by atoms with E-state index in [9.17, 15) is 15.3 Å². The van der Waals surface area contributed by atoms with E-state index < -0.39 is 40.5 Å². The highest BCUT2D eigenvalue weighted by Gasteiger charge is 2.88. The Balaban J connectivity index is 1.10. The van der Waals surface area contributed by atoms with Gasteiger partial charge in [0.2, 0.25) is 0 Å². The standard InChI is InChI=1S/C68H18O5/c1-3(69)2-4-59(65(70)71)67-61-51-43-33-23-15-7-5-6-9-13-11(7)19-27-21(13)31-25-17(9)18-10(6)14-12-8(5)16(15)24-30-20(12)28-22(14)32-26(18)36-35(25)45-39(31)49-41(27)47(37(43)29(19)23)55(61)57(49)63-53(45)54-46(36)40(32)50-42(28)48-38(30)44(34(24)33)52(51)62(67)56(48)58(50)64(54)68(63,67)60(4)66(72)73/h4,15-16,23-24,37,47,56,59-60,62,69H,1-2H2,(H,70,71)(H,72,73)/t4-,15+,16-,23-,24-,37+,47-,56+,59-,60-,62+,67+,68-/m0/s1. The molecule has 0 heterocycles. The molecule has 16 aliphatic carbocycles. The minimum Gasteiger partial charge on any atom is -0.513 e. The Bertz CT molecular complexity index is 6610. The van der Waals surface area contributed by atoms with Crippen molar-refractivity contribution in [1.29, 1.82) is 0 Å². The molecular weight excluding hydrogens is 897 g/mol. The molecule has 3 N–H and O–H groups in total. The number of hydrogen-bond donors (Lipinski definition) is 3. The summed E-state index contributed by atoms with van der Waals surface area (Å²) in [6.45, 7) is 4.12. The van der Waals surface area contributed by atoms with E-state index in [4.69, 9.17) is 0 Å². The van der Waals surface area contributed by atoms with Crippen molar-refractivity contribution < 1.29 is 24.9 Å². The summed E-state index contributed by atoms with van der Waals surface area (Å²) < 4.78 is 0. The first kappa shape index (κ1) is 28.9. The van der Waals surface area contributed by atoms with Crippen LogP contribution in [0.2, 0.25) is 0 Å². The Labute approximate surface area is 402 Å². The average Bonchev–Trinajstić information content (AvgIpc) is 4.31. The highest BCUT2D eigenvalue weighted by atomic mass is 16.4. The highest BCUT2D eigenvalue weighted by Crippen LogP contribution is 2.96. The van der Waals surface area contributed by atoms with Gasteiger partial charge in [0.15, 0.2) is 0 Å². The van der Waals surface area contributed by atoms with Crippen LogP contribution < -0.4 is 5.22 Å². The van der Waals surface area contributed by atoms with Crippen LogP contribution in [0.25, 0.3) is 189 Å². The maximum absolute atomic E-state index is 15.6. The molecule has 0 radical (unpaired) electrons. The number of allylic oxidation sites excluding steroid dienone is 3. The van der Waals surface area contributed by atoms with Crippen LogP contribution in [0, 0.1) is 23.2 Å². The second-order valence-corrected chi connectivity index (χ2v) is 27.9. The van der Waals surface area contributed by atoms with Crippen LogP contribution in [0.5, 0.6) is 0 Å². The van der Waals surface area contributed by atoms with Crippen molar-refractivity contribution in [3.63, 3.8) is 0 Å². The second-order valence-electron chi connectivity index (χ2n) is 27.9. The van der Waals surface area contributed by atoms with Gasteiger partial charge in [0, 0.05) is 64.6 Å². The van der Waals surface area contributed by atoms with Crippen LogP contribution in [-0.4, -0.2) is 27.3 Å². The maximum atomic E-state index is 15.6. The third-order valence-electron chi connectivity index (χ3n) is 28.3. The van der Waals surface area contributed by atoms with E-state index in [0.29, 0.717) is 11.8 Å². The zero-order valence-electron chi connectivity index (χ0n) is 37.4. The first-order valence-corrected chi connectivity index (χ1v) is 27.5. The minimum absolute atomic E-state index is 0.0339. The van der Waals surface area contributed by atoms with Gasteiger partial charge in [0.25, 0.3) is 0 Å². The van der Waals surface area contributed by atoms with E-state index in [1.165, 1.54) is 158 Å². The van der Waals surface area contributed by atoms with E-state index in [1.807, 2.05) is 0 Å². The third kappa shape index (κ3) is 1.56. The lowest BCUT2D eigenvalue weighted by molar-refractivity contribution is -0.147. The van der Waals surface area contributed by atoms with Gasteiger partial charge in [-0.2, -0.15) is 0 Å². The van der Waals surface area contributed by atoms with E-state index in [1.54, 1.807) is 115 Å². The molecule has 17 aromatic rings. The topological polar surface area (TPSA) is 94.8 Å². The first-order valence-electron chi connectivity index (χ1n) is 27.5. The molecule has 73 heavy (non-hydrogen) atoms. The summed E-state index contributed by atoms with van der Waals surface area (Å²) in [5, 5.41) is 84.1. The van der Waals surface area contributed by atoms with Crippen LogP contribution in [0.1, 0.15) is 132 Å². The largest absolute Gasteiger partial charge is 0.513 e. The Hall–Kier alpha value is -8.02. The quantitative estimate of drug-likeness (QED) is 0.121. The molecule has 5 nitrogen and oxygen atoms in total. The van der Waals surface area contributed by atoms with E-state index >= 15 is 9.59 Å². The number of aliphatic hydroxyl groups is 1. The molecule has 13 atom stereocenters. The Morgan fingerprint density at radius 1 is 0.397 bits per heavy atom. The molecule has 0 aliphatic heterocycles. The number of rotatable bonds is 4. The molecule has 16 aliphatic rings. The molecule has 2 spiro atoms. The summed E-state index contributed by atoms with van der Waals surface area (Å²) in [7, 11) is 0. The number of carboxylic acid groups (broad SMARTS) is 2. The molecule has 1 saturated carbocycles. The van der Waals surface area contributed by atoms with Gasteiger partial charge in [-0.15, -0.1) is 0 Å². The number of hydrogen-bond acceptors (Lipinski definition) is 3. The van der Waals surface area contributed by atoms with Gasteiger partial charge < -0.3 is 15.3 Å². The SMILES string of the molecule is C=C(O)C[C@@H]1[C@@H](C(=O)O)[C@]23c4c5c6c7c8c9c%10c%11c%12c%13c%14c%15c%16c%17c%18c%19c%20c(c2c2c4c4c6c6c8c%10c8c%12c%10c%14c(c%15%19)c%12c%20c2c2c4c6c8c%10c%122)[C@@H]%18[C@H]2c4c6c8c%10c(c4-%17)[C@H]%16[C@@H]%13[C@@H]%11[C@H]%10C=9[C@H]8[C@@H]7C5=C6[C@]23[C@@H]1C(=O)O. The van der Waals surface area contributed by atoms with Crippen molar-refractivity contribution in [1.82, 2.24) is 0 Å². The number of aliphatic hydroxyl groups excluding tert-OH is 1. The van der Waals surface area contributed by atoms with Crippen molar-refractivity contribution in [3.05, 3.63) is 95.4 Å². The van der Waals surface area contributed by atoms with Crippen molar-refractivity contribution >= 4 is 190 Å². The van der Waals surface area contributed by atoms with Gasteiger partial charge in [-0.05, 0) is 278 Å². The summed E-state index contributed by atoms with van der Waals surface area (Å²) in [5.41, 5.74) is 26.3. The lowest BCUT2D eigenvalue weighted by atomic mass is 9.40. The Kier molecular flexibility index (Phi) is 2.59. The molecule has 0 unspecified atom stereocenters. The van der Waals surface area contributed by atoms with Gasteiger partial charge in [0.05, 0.1) is 17.6 Å². The Morgan fingerprint density at radius 2 is 0.904 bits per heavy atom. The van der Waals surface area contributed by atoms with Crippen LogP contribution in [-0.2, 0) is 15.0 Å². The number of carboxylic acids is 2. The zero-order chi connectivity index (χ0) is 44.7. The van der Waals surface area contributed by atoms with Crippen LogP contribution >= 0.6 is 0 Å². The molecule has 17 aromatic carbocycles. The molecule has 320 valence electrons. The molecule has 33 rings (SSSR count). The fraction of sp³-hybridized carbons (Fsp3) is 0.206. The molecular formula is C68H18O5. The molecule has 0 bridgehead atoms. The van der Waals surface area contributed by atoms with Crippen LogP contribution in [0.4, 0.5) is 0 Å². The smallest absolute Gasteiger partial charge is 0.308 e. The number of carbonyl (C=O) groups is 2. The molecule has 0 aromatic heterocycles. The number of aliphatic carboxylic acids is 2. The van der Waals surface area contributed by atoms with E-state index in [2.05, 4.69) is 6.58 Å². The lowest BCUT2D eigenvalue weighted by Gasteiger charge is -2.60. The summed E-state index contributed by atoms with van der Waals surface area (Å²) in [5.74, 6) is -3.69. The first-order chi connectivity index (χ1) is 35.9. The summed E-state index contributed by atoms with van der Waals surface area (Å²) in [6.07, 6.45) is -0.0339. The van der Waals surface area contributed by atoms with E-state index in [0.717, 1.165) is 0 Å².